The van der Waals surface area contributed by atoms with Crippen LogP contribution in [0.5, 0.6) is 0 Å². The van der Waals surface area contributed by atoms with E-state index in [1.165, 1.54) is 0 Å². The van der Waals surface area contributed by atoms with Crippen molar-refractivity contribution in [3.05, 3.63) is 12.7 Å². The minimum atomic E-state index is -1.10. The quantitative estimate of drug-likeness (QED) is 0.445. The van der Waals surface area contributed by atoms with Crippen LogP contribution in [0.15, 0.2) is 12.7 Å². The van der Waals surface area contributed by atoms with Crippen molar-refractivity contribution in [1.82, 2.24) is 0 Å². The average Bonchev–Trinajstić information content (AvgIpc) is 2.11. The number of carboxylic acid groups (broad SMARTS) is 1. The Morgan fingerprint density at radius 3 is 2.54 bits per heavy atom. The molecule has 1 unspecified atom stereocenters. The molecule has 0 heterocycles. The summed E-state index contributed by atoms with van der Waals surface area (Å²) in [5.74, 6) is -2.57. The van der Waals surface area contributed by atoms with Crippen LogP contribution in [0.1, 0.15) is 6.42 Å². The fourth-order valence-corrected chi connectivity index (χ4v) is 0.654. The van der Waals surface area contributed by atoms with E-state index in [0.29, 0.717) is 0 Å². The molecule has 0 saturated heterocycles. The Labute approximate surface area is 75.6 Å². The molecule has 0 aromatic carbocycles. The fourth-order valence-electron chi connectivity index (χ4n) is 0.654. The van der Waals surface area contributed by atoms with Gasteiger partial charge in [0.25, 0.3) is 0 Å². The number of carboxylic acids is 1. The van der Waals surface area contributed by atoms with Crippen molar-refractivity contribution in [3.63, 3.8) is 0 Å². The summed E-state index contributed by atoms with van der Waals surface area (Å²) in [6.07, 6.45) is 1.10. The lowest BCUT2D eigenvalue weighted by Crippen LogP contribution is -2.20. The summed E-state index contributed by atoms with van der Waals surface area (Å²) in [5, 5.41) is 17.1. The predicted octanol–water partition coefficient (Wildman–Crippen LogP) is -0.201. The van der Waals surface area contributed by atoms with Crippen LogP contribution >= 0.6 is 0 Å². The van der Waals surface area contributed by atoms with Crippen LogP contribution in [0.2, 0.25) is 0 Å². The second-order valence-corrected chi connectivity index (χ2v) is 2.38. The van der Waals surface area contributed by atoms with Gasteiger partial charge in [-0.2, -0.15) is 0 Å². The van der Waals surface area contributed by atoms with Gasteiger partial charge in [-0.3, -0.25) is 4.79 Å². The summed E-state index contributed by atoms with van der Waals surface area (Å²) >= 11 is 0. The number of hydrogen-bond donors (Lipinski definition) is 2. The maximum absolute atomic E-state index is 10.5. The number of carbonyl (C=O) groups is 2. The van der Waals surface area contributed by atoms with Crippen molar-refractivity contribution in [3.8, 4) is 0 Å². The molecule has 0 aliphatic rings. The number of aliphatic hydroxyl groups is 1. The van der Waals surface area contributed by atoms with Gasteiger partial charge in [-0.15, -0.1) is 0 Å². The minimum absolute atomic E-state index is 0.0254. The van der Waals surface area contributed by atoms with E-state index >= 15 is 0 Å². The van der Waals surface area contributed by atoms with Crippen molar-refractivity contribution in [2.75, 3.05) is 13.2 Å². The smallest absolute Gasteiger partial charge is 0.330 e. The highest BCUT2D eigenvalue weighted by molar-refractivity contribution is 5.81. The molecule has 0 spiro atoms. The highest BCUT2D eigenvalue weighted by Gasteiger charge is 2.15. The number of aliphatic carboxylic acids is 1. The van der Waals surface area contributed by atoms with Crippen molar-refractivity contribution < 1.29 is 24.5 Å². The molecule has 13 heavy (non-hydrogen) atoms. The second kappa shape index (κ2) is 6.19. The van der Waals surface area contributed by atoms with Crippen LogP contribution in [0.4, 0.5) is 0 Å². The van der Waals surface area contributed by atoms with E-state index in [-0.39, 0.29) is 13.0 Å². The zero-order chi connectivity index (χ0) is 10.3. The maximum Gasteiger partial charge on any atom is 0.330 e. The third kappa shape index (κ3) is 4.97. The summed E-state index contributed by atoms with van der Waals surface area (Å²) in [4.78, 5) is 20.9. The van der Waals surface area contributed by atoms with Gasteiger partial charge < -0.3 is 14.9 Å². The van der Waals surface area contributed by atoms with Gasteiger partial charge >= 0.3 is 11.9 Å². The summed E-state index contributed by atoms with van der Waals surface area (Å²) in [6, 6.07) is 0. The van der Waals surface area contributed by atoms with Gasteiger partial charge in [0.15, 0.2) is 0 Å². The van der Waals surface area contributed by atoms with Crippen molar-refractivity contribution in [2.45, 2.75) is 6.42 Å². The van der Waals surface area contributed by atoms with E-state index in [9.17, 15) is 9.59 Å². The van der Waals surface area contributed by atoms with Crippen LogP contribution in [-0.2, 0) is 14.3 Å². The number of ether oxygens (including phenoxy) is 1. The zero-order valence-electron chi connectivity index (χ0n) is 7.10. The molecule has 0 fully saturated rings. The van der Waals surface area contributed by atoms with Crippen LogP contribution in [0.25, 0.3) is 0 Å². The van der Waals surface area contributed by atoms with Crippen molar-refractivity contribution >= 4 is 11.9 Å². The van der Waals surface area contributed by atoms with E-state index < -0.39 is 24.5 Å². The van der Waals surface area contributed by atoms with Gasteiger partial charge in [-0.1, -0.05) is 6.58 Å². The molecule has 0 radical (unpaired) electrons. The number of carbonyl (C=O) groups excluding carboxylic acids is 1. The number of aliphatic hydroxyl groups excluding tert-OH is 1. The molecule has 0 aromatic heterocycles. The molecular formula is C8H12O5. The van der Waals surface area contributed by atoms with E-state index in [1.807, 2.05) is 0 Å². The summed E-state index contributed by atoms with van der Waals surface area (Å²) in [6.45, 7) is 2.69. The average molecular weight is 188 g/mol. The van der Waals surface area contributed by atoms with Crippen LogP contribution in [0.3, 0.4) is 0 Å². The highest BCUT2D eigenvalue weighted by Crippen LogP contribution is 2.02. The lowest BCUT2D eigenvalue weighted by Gasteiger charge is -2.07. The molecule has 5 heteroatoms. The summed E-state index contributed by atoms with van der Waals surface area (Å²) in [5.41, 5.74) is 0. The van der Waals surface area contributed by atoms with E-state index in [1.54, 1.807) is 0 Å². The molecule has 0 amide bonds. The van der Waals surface area contributed by atoms with Crippen LogP contribution < -0.4 is 0 Å². The molecule has 0 rings (SSSR count). The first-order chi connectivity index (χ1) is 6.11. The third-order valence-corrected chi connectivity index (χ3v) is 1.45. The molecule has 74 valence electrons. The molecule has 0 bridgehead atoms. The summed E-state index contributed by atoms with van der Waals surface area (Å²) < 4.78 is 4.54. The molecular weight excluding hydrogens is 176 g/mol. The van der Waals surface area contributed by atoms with Crippen LogP contribution in [0, 0.1) is 5.92 Å². The Balaban J connectivity index is 3.67. The Bertz CT molecular complexity index is 199. The first-order valence-corrected chi connectivity index (χ1v) is 3.74. The van der Waals surface area contributed by atoms with Crippen LogP contribution in [-0.4, -0.2) is 35.4 Å². The largest absolute Gasteiger partial charge is 0.481 e. The molecule has 2 N–H and O–H groups in total. The summed E-state index contributed by atoms with van der Waals surface area (Å²) in [7, 11) is 0. The van der Waals surface area contributed by atoms with Gasteiger partial charge in [-0.25, -0.2) is 4.79 Å². The third-order valence-electron chi connectivity index (χ3n) is 1.45. The normalized spacial score (nSPS) is 11.8. The Morgan fingerprint density at radius 1 is 1.54 bits per heavy atom. The number of esters is 1. The Morgan fingerprint density at radius 2 is 2.15 bits per heavy atom. The maximum atomic E-state index is 10.5. The van der Waals surface area contributed by atoms with Gasteiger partial charge in [0, 0.05) is 6.08 Å². The molecule has 1 atom stereocenters. The zero-order valence-corrected chi connectivity index (χ0v) is 7.10. The van der Waals surface area contributed by atoms with Gasteiger partial charge in [0.1, 0.15) is 0 Å². The second-order valence-electron chi connectivity index (χ2n) is 2.38. The Kier molecular flexibility index (Phi) is 5.54. The van der Waals surface area contributed by atoms with Crippen molar-refractivity contribution in [1.29, 1.82) is 0 Å². The van der Waals surface area contributed by atoms with E-state index in [0.717, 1.165) is 6.08 Å². The lowest BCUT2D eigenvalue weighted by atomic mass is 10.1. The number of rotatable bonds is 6. The topological polar surface area (TPSA) is 83.8 Å². The lowest BCUT2D eigenvalue weighted by molar-refractivity contribution is -0.146. The fraction of sp³-hybridized carbons (Fsp3) is 0.500. The molecule has 5 nitrogen and oxygen atoms in total. The van der Waals surface area contributed by atoms with E-state index in [4.69, 9.17) is 10.2 Å². The van der Waals surface area contributed by atoms with E-state index in [2.05, 4.69) is 11.3 Å². The van der Waals surface area contributed by atoms with Gasteiger partial charge in [-0.05, 0) is 6.42 Å². The van der Waals surface area contributed by atoms with Crippen molar-refractivity contribution in [2.24, 2.45) is 5.92 Å². The minimum Gasteiger partial charge on any atom is -0.481 e. The molecule has 0 aliphatic carbocycles. The highest BCUT2D eigenvalue weighted by atomic mass is 16.5. The molecule has 0 aromatic rings. The standard InChI is InChI=1S/C8H12O5/c1-2-7(10)13-4-3-6(5-9)8(11)12/h2,6,9H,1,3-5H2,(H,11,12). The molecule has 0 saturated carbocycles. The first kappa shape index (κ1) is 11.6. The number of hydrogen-bond acceptors (Lipinski definition) is 4. The Hall–Kier alpha value is -1.36. The molecule has 0 aliphatic heterocycles. The first-order valence-electron chi connectivity index (χ1n) is 3.74. The van der Waals surface area contributed by atoms with Gasteiger partial charge in [0.2, 0.25) is 0 Å². The monoisotopic (exact) mass is 188 g/mol. The van der Waals surface area contributed by atoms with Gasteiger partial charge in [0.05, 0.1) is 19.1 Å². The predicted molar refractivity (Wildman–Crippen MR) is 44.0 cm³/mol. The SMILES string of the molecule is C=CC(=O)OCCC(CO)C(=O)O.